The molecule has 2 aromatic rings. The van der Waals surface area contributed by atoms with Gasteiger partial charge in [-0.05, 0) is 5.92 Å². The van der Waals surface area contributed by atoms with Crippen molar-refractivity contribution in [1.29, 1.82) is 0 Å². The second-order valence-electron chi connectivity index (χ2n) is 4.72. The molecule has 6 heteroatoms. The molecule has 0 saturated heterocycles. The number of halogens is 1. The van der Waals surface area contributed by atoms with Gasteiger partial charge in [0, 0.05) is 38.1 Å². The highest BCUT2D eigenvalue weighted by atomic mass is 35.5. The number of anilines is 1. The van der Waals surface area contributed by atoms with E-state index in [1.165, 1.54) is 5.56 Å². The maximum atomic E-state index is 4.33. The van der Waals surface area contributed by atoms with Crippen LogP contribution in [0.5, 0.6) is 0 Å². The van der Waals surface area contributed by atoms with Gasteiger partial charge in [0.25, 0.3) is 0 Å². The number of aromatic nitrogens is 4. The highest BCUT2D eigenvalue weighted by Gasteiger charge is 2.01. The van der Waals surface area contributed by atoms with Crippen molar-refractivity contribution in [3.8, 4) is 0 Å². The van der Waals surface area contributed by atoms with Gasteiger partial charge in [0.2, 0.25) is 0 Å². The summed E-state index contributed by atoms with van der Waals surface area (Å²) in [5.74, 6) is 0.619. The molecule has 0 fully saturated rings. The zero-order valence-electron chi connectivity index (χ0n) is 11.0. The molecule has 100 valence electrons. The third-order valence-corrected chi connectivity index (χ3v) is 2.44. The SMILES string of the molecule is CC(C)Cn1cc(CNc2cnn(C)c2)cn1.Cl. The van der Waals surface area contributed by atoms with Crippen LogP contribution in [-0.2, 0) is 20.1 Å². The molecule has 0 saturated carbocycles. The first-order valence-electron chi connectivity index (χ1n) is 5.87. The van der Waals surface area contributed by atoms with Crippen LogP contribution in [0.15, 0.2) is 24.8 Å². The first kappa shape index (κ1) is 14.6. The molecule has 0 aromatic carbocycles. The van der Waals surface area contributed by atoms with Gasteiger partial charge in [-0.1, -0.05) is 13.8 Å². The minimum absolute atomic E-state index is 0. The molecule has 0 atom stereocenters. The highest BCUT2D eigenvalue weighted by molar-refractivity contribution is 5.85. The van der Waals surface area contributed by atoms with Crippen LogP contribution in [0.4, 0.5) is 5.69 Å². The Morgan fingerprint density at radius 3 is 2.61 bits per heavy atom. The summed E-state index contributed by atoms with van der Waals surface area (Å²) in [6.07, 6.45) is 7.77. The third-order valence-electron chi connectivity index (χ3n) is 2.44. The quantitative estimate of drug-likeness (QED) is 0.906. The maximum Gasteiger partial charge on any atom is 0.0729 e. The van der Waals surface area contributed by atoms with E-state index in [4.69, 9.17) is 0 Å². The van der Waals surface area contributed by atoms with Crippen LogP contribution in [0.1, 0.15) is 19.4 Å². The average Bonchev–Trinajstić information content (AvgIpc) is 2.84. The van der Waals surface area contributed by atoms with Crippen molar-refractivity contribution in [2.45, 2.75) is 26.9 Å². The lowest BCUT2D eigenvalue weighted by atomic mass is 10.2. The summed E-state index contributed by atoms with van der Waals surface area (Å²) in [5, 5.41) is 11.7. The second kappa shape index (κ2) is 6.44. The molecule has 18 heavy (non-hydrogen) atoms. The summed E-state index contributed by atoms with van der Waals surface area (Å²) in [4.78, 5) is 0. The fourth-order valence-corrected chi connectivity index (χ4v) is 1.69. The van der Waals surface area contributed by atoms with Crippen molar-refractivity contribution < 1.29 is 0 Å². The molecule has 5 nitrogen and oxygen atoms in total. The molecule has 0 amide bonds. The van der Waals surface area contributed by atoms with Gasteiger partial charge >= 0.3 is 0 Å². The van der Waals surface area contributed by atoms with E-state index in [1.807, 2.05) is 30.3 Å². The Balaban J connectivity index is 0.00000162. The van der Waals surface area contributed by atoms with Crippen molar-refractivity contribution >= 4 is 18.1 Å². The number of rotatable bonds is 5. The fraction of sp³-hybridized carbons (Fsp3) is 0.500. The standard InChI is InChI=1S/C12H19N5.ClH/c1-10(2)7-17-8-11(5-15-17)4-13-12-6-14-16(3)9-12;/h5-6,8-10,13H,4,7H2,1-3H3;1H. The Bertz CT molecular complexity index is 474. The molecular weight excluding hydrogens is 250 g/mol. The van der Waals surface area contributed by atoms with Gasteiger partial charge in [0.1, 0.15) is 0 Å². The Morgan fingerprint density at radius 1 is 1.22 bits per heavy atom. The molecule has 0 aliphatic rings. The lowest BCUT2D eigenvalue weighted by molar-refractivity contribution is 0.483. The van der Waals surface area contributed by atoms with Crippen molar-refractivity contribution in [2.75, 3.05) is 5.32 Å². The molecule has 0 bridgehead atoms. The number of aryl methyl sites for hydroxylation is 1. The summed E-state index contributed by atoms with van der Waals surface area (Å²) >= 11 is 0. The van der Waals surface area contributed by atoms with E-state index in [2.05, 4.69) is 35.6 Å². The Hall–Kier alpha value is -1.49. The van der Waals surface area contributed by atoms with Gasteiger partial charge in [0.05, 0.1) is 18.1 Å². The minimum Gasteiger partial charge on any atom is -0.378 e. The van der Waals surface area contributed by atoms with E-state index in [0.29, 0.717) is 5.92 Å². The zero-order chi connectivity index (χ0) is 12.3. The van der Waals surface area contributed by atoms with E-state index < -0.39 is 0 Å². The molecule has 0 aliphatic heterocycles. The third kappa shape index (κ3) is 4.07. The molecule has 0 radical (unpaired) electrons. The largest absolute Gasteiger partial charge is 0.378 e. The topological polar surface area (TPSA) is 47.7 Å². The molecule has 2 heterocycles. The van der Waals surface area contributed by atoms with Crippen LogP contribution in [0.3, 0.4) is 0 Å². The van der Waals surface area contributed by atoms with Crippen molar-refractivity contribution in [1.82, 2.24) is 19.6 Å². The smallest absolute Gasteiger partial charge is 0.0729 e. The molecular formula is C12H20ClN5. The Morgan fingerprint density at radius 2 is 2.00 bits per heavy atom. The van der Waals surface area contributed by atoms with Crippen molar-refractivity contribution in [2.24, 2.45) is 13.0 Å². The minimum atomic E-state index is 0. The molecule has 0 spiro atoms. The monoisotopic (exact) mass is 269 g/mol. The van der Waals surface area contributed by atoms with Crippen LogP contribution >= 0.6 is 12.4 Å². The summed E-state index contributed by atoms with van der Waals surface area (Å²) < 4.78 is 3.77. The number of nitrogens with zero attached hydrogens (tertiary/aromatic N) is 4. The Kier molecular flexibility index (Phi) is 5.22. The van der Waals surface area contributed by atoms with Crippen LogP contribution in [-0.4, -0.2) is 19.6 Å². The van der Waals surface area contributed by atoms with Crippen LogP contribution in [0.2, 0.25) is 0 Å². The van der Waals surface area contributed by atoms with Crippen molar-refractivity contribution in [3.05, 3.63) is 30.4 Å². The summed E-state index contributed by atoms with van der Waals surface area (Å²) in [6, 6.07) is 0. The normalized spacial score (nSPS) is 10.4. The van der Waals surface area contributed by atoms with Crippen LogP contribution < -0.4 is 5.32 Å². The maximum absolute atomic E-state index is 4.33. The fourth-order valence-electron chi connectivity index (χ4n) is 1.69. The molecule has 0 aliphatic carbocycles. The van der Waals surface area contributed by atoms with Gasteiger partial charge in [-0.2, -0.15) is 10.2 Å². The summed E-state index contributed by atoms with van der Waals surface area (Å²) in [6.45, 7) is 6.13. The van der Waals surface area contributed by atoms with Gasteiger partial charge in [0.15, 0.2) is 0 Å². The Labute approximate surface area is 114 Å². The molecule has 0 unspecified atom stereocenters. The lowest BCUT2D eigenvalue weighted by Crippen LogP contribution is -2.04. The predicted octanol–water partition coefficient (Wildman–Crippen LogP) is 2.31. The second-order valence-corrected chi connectivity index (χ2v) is 4.72. The van der Waals surface area contributed by atoms with E-state index in [9.17, 15) is 0 Å². The molecule has 2 aromatic heterocycles. The van der Waals surface area contributed by atoms with E-state index in [1.54, 1.807) is 4.68 Å². The zero-order valence-corrected chi connectivity index (χ0v) is 11.8. The predicted molar refractivity (Wildman–Crippen MR) is 74.8 cm³/mol. The first-order chi connectivity index (χ1) is 8.13. The summed E-state index contributed by atoms with van der Waals surface area (Å²) in [5.41, 5.74) is 2.22. The van der Waals surface area contributed by atoms with Crippen LogP contribution in [0.25, 0.3) is 0 Å². The number of nitrogens with one attached hydrogen (secondary N) is 1. The average molecular weight is 270 g/mol. The van der Waals surface area contributed by atoms with Gasteiger partial charge in [-0.15, -0.1) is 12.4 Å². The van der Waals surface area contributed by atoms with E-state index in [0.717, 1.165) is 18.8 Å². The van der Waals surface area contributed by atoms with Crippen molar-refractivity contribution in [3.63, 3.8) is 0 Å². The van der Waals surface area contributed by atoms with Gasteiger partial charge in [-0.3, -0.25) is 9.36 Å². The van der Waals surface area contributed by atoms with Gasteiger partial charge in [-0.25, -0.2) is 0 Å². The van der Waals surface area contributed by atoms with E-state index in [-0.39, 0.29) is 12.4 Å². The number of hydrogen-bond donors (Lipinski definition) is 1. The summed E-state index contributed by atoms with van der Waals surface area (Å²) in [7, 11) is 1.91. The van der Waals surface area contributed by atoms with Gasteiger partial charge < -0.3 is 5.32 Å². The molecule has 1 N–H and O–H groups in total. The number of hydrogen-bond acceptors (Lipinski definition) is 3. The first-order valence-corrected chi connectivity index (χ1v) is 5.87. The van der Waals surface area contributed by atoms with E-state index >= 15 is 0 Å². The highest BCUT2D eigenvalue weighted by Crippen LogP contribution is 2.07. The lowest BCUT2D eigenvalue weighted by Gasteiger charge is -2.03. The molecule has 2 rings (SSSR count). The van der Waals surface area contributed by atoms with Crippen LogP contribution in [0, 0.1) is 5.92 Å².